The smallest absolute Gasteiger partial charge is 0.243 e. The highest BCUT2D eigenvalue weighted by atomic mass is 16.6. The van der Waals surface area contributed by atoms with Gasteiger partial charge in [0.2, 0.25) is 5.70 Å². The van der Waals surface area contributed by atoms with Crippen LogP contribution < -0.4 is 0 Å². The minimum absolute atomic E-state index is 0.120. The summed E-state index contributed by atoms with van der Waals surface area (Å²) in [7, 11) is 0. The van der Waals surface area contributed by atoms with E-state index in [-0.39, 0.29) is 5.70 Å². The van der Waals surface area contributed by atoms with Gasteiger partial charge in [0.15, 0.2) is 0 Å². The van der Waals surface area contributed by atoms with Gasteiger partial charge in [-0.3, -0.25) is 10.1 Å². The van der Waals surface area contributed by atoms with Crippen LogP contribution >= 0.6 is 0 Å². The van der Waals surface area contributed by atoms with Gasteiger partial charge in [-0.2, -0.15) is 0 Å². The molecular weight excluding hydrogens is 194 g/mol. The Hall–Kier alpha value is -2.17. The molecule has 0 fully saturated rings. The monoisotopic (exact) mass is 203 g/mol. The Morgan fingerprint density at radius 1 is 1.60 bits per heavy atom. The van der Waals surface area contributed by atoms with E-state index in [0.29, 0.717) is 0 Å². The maximum Gasteiger partial charge on any atom is 0.243 e. The molecule has 2 rings (SSSR count). The number of hydrogen-bond acceptors (Lipinski definition) is 3. The summed E-state index contributed by atoms with van der Waals surface area (Å²) in [6, 6.07) is 3.62. The molecule has 2 aromatic heterocycles. The number of pyridine rings is 1. The van der Waals surface area contributed by atoms with Gasteiger partial charge >= 0.3 is 0 Å². The predicted molar refractivity (Wildman–Crippen MR) is 55.8 cm³/mol. The molecule has 5 heteroatoms. The van der Waals surface area contributed by atoms with Crippen molar-refractivity contribution in [2.24, 2.45) is 0 Å². The average molecular weight is 203 g/mol. The van der Waals surface area contributed by atoms with Crippen LogP contribution in [0.2, 0.25) is 0 Å². The normalized spacial score (nSPS) is 11.9. The molecule has 0 atom stereocenters. The van der Waals surface area contributed by atoms with Gasteiger partial charge in [0.1, 0.15) is 5.65 Å². The van der Waals surface area contributed by atoms with E-state index in [4.69, 9.17) is 0 Å². The largest absolute Gasteiger partial charge is 0.307 e. The Morgan fingerprint density at radius 3 is 3.13 bits per heavy atom. The molecule has 0 saturated carbocycles. The molecule has 0 N–H and O–H groups in total. The van der Waals surface area contributed by atoms with Crippen LogP contribution in [0.15, 0.2) is 36.4 Å². The number of allylic oxidation sites excluding steroid dienone is 1. The Kier molecular flexibility index (Phi) is 2.21. The Balaban J connectivity index is 2.44. The minimum Gasteiger partial charge on any atom is -0.307 e. The van der Waals surface area contributed by atoms with Crippen LogP contribution in [0.1, 0.15) is 12.5 Å². The van der Waals surface area contributed by atoms with Gasteiger partial charge in [0, 0.05) is 31.6 Å². The minimum atomic E-state index is -0.405. The van der Waals surface area contributed by atoms with Crippen molar-refractivity contribution in [2.45, 2.75) is 6.92 Å². The highest BCUT2D eigenvalue weighted by Gasteiger charge is 2.02. The van der Waals surface area contributed by atoms with Gasteiger partial charge in [-0.15, -0.1) is 0 Å². The standard InChI is InChI=1S/C10H9N3O2/c1-8(13(14)15)6-9-2-3-10-11-4-5-12(10)7-9/h2-7H,1H3/b8-6-. The van der Waals surface area contributed by atoms with Crippen molar-refractivity contribution in [1.82, 2.24) is 9.38 Å². The number of imidazole rings is 1. The van der Waals surface area contributed by atoms with E-state index in [0.717, 1.165) is 11.2 Å². The van der Waals surface area contributed by atoms with E-state index < -0.39 is 4.92 Å². The van der Waals surface area contributed by atoms with Gasteiger partial charge < -0.3 is 4.40 Å². The lowest BCUT2D eigenvalue weighted by atomic mass is 10.2. The number of fused-ring (bicyclic) bond motifs is 1. The lowest BCUT2D eigenvalue weighted by molar-refractivity contribution is -0.422. The topological polar surface area (TPSA) is 60.4 Å². The van der Waals surface area contributed by atoms with Gasteiger partial charge in [-0.25, -0.2) is 4.98 Å². The molecule has 0 aliphatic heterocycles. The van der Waals surface area contributed by atoms with Crippen molar-refractivity contribution < 1.29 is 4.92 Å². The number of nitrogens with zero attached hydrogens (tertiary/aromatic N) is 3. The summed E-state index contributed by atoms with van der Waals surface area (Å²) >= 11 is 0. The van der Waals surface area contributed by atoms with E-state index in [1.807, 2.05) is 10.5 Å². The molecule has 0 amide bonds. The third-order valence-corrected chi connectivity index (χ3v) is 2.08. The molecule has 5 nitrogen and oxygen atoms in total. The summed E-state index contributed by atoms with van der Waals surface area (Å²) in [5.74, 6) is 0. The fourth-order valence-corrected chi connectivity index (χ4v) is 1.32. The van der Waals surface area contributed by atoms with Crippen LogP contribution in [0.5, 0.6) is 0 Å². The van der Waals surface area contributed by atoms with E-state index in [9.17, 15) is 10.1 Å². The summed E-state index contributed by atoms with van der Waals surface area (Å²) in [6.07, 6.45) is 6.81. The van der Waals surface area contributed by atoms with Gasteiger partial charge in [0.25, 0.3) is 0 Å². The number of hydrogen-bond donors (Lipinski definition) is 0. The molecule has 2 aromatic rings. The molecule has 2 heterocycles. The van der Waals surface area contributed by atoms with Crippen LogP contribution in [0, 0.1) is 10.1 Å². The zero-order valence-corrected chi connectivity index (χ0v) is 8.12. The first-order valence-electron chi connectivity index (χ1n) is 4.42. The molecule has 0 spiro atoms. The predicted octanol–water partition coefficient (Wildman–Crippen LogP) is 1.97. The van der Waals surface area contributed by atoms with Crippen molar-refractivity contribution in [3.63, 3.8) is 0 Å². The molecule has 15 heavy (non-hydrogen) atoms. The quantitative estimate of drug-likeness (QED) is 0.553. The summed E-state index contributed by atoms with van der Waals surface area (Å²) in [5.41, 5.74) is 1.73. The fourth-order valence-electron chi connectivity index (χ4n) is 1.32. The van der Waals surface area contributed by atoms with Crippen molar-refractivity contribution in [3.05, 3.63) is 52.1 Å². The summed E-state index contributed by atoms with van der Waals surface area (Å²) in [4.78, 5) is 14.1. The zero-order valence-electron chi connectivity index (χ0n) is 8.12. The highest BCUT2D eigenvalue weighted by molar-refractivity contribution is 5.53. The second kappa shape index (κ2) is 3.53. The lowest BCUT2D eigenvalue weighted by Crippen LogP contribution is -1.93. The van der Waals surface area contributed by atoms with Crippen LogP contribution in [-0.4, -0.2) is 14.3 Å². The molecule has 0 aliphatic carbocycles. The second-order valence-electron chi connectivity index (χ2n) is 3.20. The van der Waals surface area contributed by atoms with Gasteiger partial charge in [0.05, 0.1) is 4.92 Å². The van der Waals surface area contributed by atoms with E-state index >= 15 is 0 Å². The number of aromatic nitrogens is 2. The molecule has 0 aliphatic rings. The molecule has 0 bridgehead atoms. The molecule has 76 valence electrons. The SMILES string of the molecule is C/C(=C/c1ccc2nccn2c1)[N+](=O)[O-]. The number of rotatable bonds is 2. The molecule has 0 saturated heterocycles. The van der Waals surface area contributed by atoms with Crippen LogP contribution in [0.25, 0.3) is 11.7 Å². The first-order valence-corrected chi connectivity index (χ1v) is 4.42. The van der Waals surface area contributed by atoms with E-state index in [1.165, 1.54) is 13.0 Å². The zero-order chi connectivity index (χ0) is 10.8. The van der Waals surface area contributed by atoms with Crippen LogP contribution in [-0.2, 0) is 0 Å². The highest BCUT2D eigenvalue weighted by Crippen LogP contribution is 2.09. The van der Waals surface area contributed by atoms with Crippen LogP contribution in [0.3, 0.4) is 0 Å². The van der Waals surface area contributed by atoms with Gasteiger partial charge in [-0.05, 0) is 17.7 Å². The third-order valence-electron chi connectivity index (χ3n) is 2.08. The third kappa shape index (κ3) is 1.85. The van der Waals surface area contributed by atoms with E-state index in [2.05, 4.69) is 4.98 Å². The molecule has 0 aromatic carbocycles. The average Bonchev–Trinajstić information content (AvgIpc) is 2.64. The molecule has 0 radical (unpaired) electrons. The first kappa shape index (κ1) is 9.39. The van der Waals surface area contributed by atoms with Crippen molar-refractivity contribution in [2.75, 3.05) is 0 Å². The van der Waals surface area contributed by atoms with Gasteiger partial charge in [-0.1, -0.05) is 0 Å². The van der Waals surface area contributed by atoms with Crippen molar-refractivity contribution in [1.29, 1.82) is 0 Å². The number of nitro groups is 1. The summed E-state index contributed by atoms with van der Waals surface area (Å²) < 4.78 is 1.82. The lowest BCUT2D eigenvalue weighted by Gasteiger charge is -1.96. The molecule has 0 unspecified atom stereocenters. The van der Waals surface area contributed by atoms with Crippen molar-refractivity contribution in [3.8, 4) is 0 Å². The Morgan fingerprint density at radius 2 is 2.40 bits per heavy atom. The maximum absolute atomic E-state index is 10.4. The molecular formula is C10H9N3O2. The van der Waals surface area contributed by atoms with Crippen LogP contribution in [0.4, 0.5) is 0 Å². The maximum atomic E-state index is 10.4. The Bertz CT molecular complexity index is 542. The van der Waals surface area contributed by atoms with Crippen molar-refractivity contribution >= 4 is 11.7 Å². The fraction of sp³-hybridized carbons (Fsp3) is 0.100. The summed E-state index contributed by atoms with van der Waals surface area (Å²) in [6.45, 7) is 1.47. The van der Waals surface area contributed by atoms with E-state index in [1.54, 1.807) is 24.7 Å². The second-order valence-corrected chi connectivity index (χ2v) is 3.20. The summed E-state index contributed by atoms with van der Waals surface area (Å²) in [5, 5.41) is 10.4. The first-order chi connectivity index (χ1) is 7.16. The Labute approximate surface area is 85.8 Å².